The Morgan fingerprint density at radius 1 is 1.41 bits per heavy atom. The van der Waals surface area contributed by atoms with Crippen molar-refractivity contribution in [3.63, 3.8) is 0 Å². The average molecular weight is 299 g/mol. The van der Waals surface area contributed by atoms with Crippen LogP contribution in [0.4, 0.5) is 0 Å². The topological polar surface area (TPSA) is 59.3 Å². The summed E-state index contributed by atoms with van der Waals surface area (Å²) in [4.78, 5) is 0. The van der Waals surface area contributed by atoms with E-state index < -0.39 is 0 Å². The summed E-state index contributed by atoms with van der Waals surface area (Å²) >= 11 is 0. The monoisotopic (exact) mass is 299 g/mol. The van der Waals surface area contributed by atoms with Crippen molar-refractivity contribution in [1.82, 2.24) is 15.1 Å². The fraction of sp³-hybridized carbons (Fsp3) is 0.353. The van der Waals surface area contributed by atoms with E-state index in [-0.39, 0.29) is 18.2 Å². The molecule has 2 N–H and O–H groups in total. The molecule has 3 atom stereocenters. The zero-order valence-electron chi connectivity index (χ0n) is 12.6. The van der Waals surface area contributed by atoms with Crippen LogP contribution in [0.5, 0.6) is 5.75 Å². The van der Waals surface area contributed by atoms with E-state index in [0.29, 0.717) is 0 Å². The third kappa shape index (κ3) is 3.05. The molecule has 0 saturated heterocycles. The first-order valence-electron chi connectivity index (χ1n) is 7.49. The molecule has 1 aromatic carbocycles. The molecule has 1 heterocycles. The first-order chi connectivity index (χ1) is 10.8. The van der Waals surface area contributed by atoms with E-state index in [1.54, 1.807) is 13.3 Å². The highest BCUT2D eigenvalue weighted by Gasteiger charge is 2.41. The largest absolute Gasteiger partial charge is 0.496 e. The molecule has 1 aromatic heterocycles. The Balaban J connectivity index is 1.54. The number of benzene rings is 1. The fourth-order valence-corrected chi connectivity index (χ4v) is 2.84. The normalized spacial score (nSPS) is 24.4. The number of hydrogen-bond donors (Lipinski definition) is 2. The molecule has 116 valence electrons. The highest BCUT2D eigenvalue weighted by atomic mass is 16.5. The molecule has 5 heteroatoms. The molecule has 0 amide bonds. The van der Waals surface area contributed by atoms with Crippen molar-refractivity contribution in [2.45, 2.75) is 24.6 Å². The van der Waals surface area contributed by atoms with Crippen LogP contribution < -0.4 is 10.1 Å². The van der Waals surface area contributed by atoms with Gasteiger partial charge in [0.2, 0.25) is 0 Å². The summed E-state index contributed by atoms with van der Waals surface area (Å²) < 4.78 is 7.15. The zero-order valence-corrected chi connectivity index (χ0v) is 12.6. The summed E-state index contributed by atoms with van der Waals surface area (Å²) in [5.41, 5.74) is 1.06. The van der Waals surface area contributed by atoms with Crippen molar-refractivity contribution < 1.29 is 9.84 Å². The number of ether oxygens (including phenoxy) is 1. The van der Waals surface area contributed by atoms with Gasteiger partial charge in [0.1, 0.15) is 5.75 Å². The number of methoxy groups -OCH3 is 1. The van der Waals surface area contributed by atoms with E-state index in [1.165, 1.54) is 0 Å². The van der Waals surface area contributed by atoms with E-state index in [4.69, 9.17) is 4.74 Å². The Bertz CT molecular complexity index is 625. The number of hydrogen-bond acceptors (Lipinski definition) is 4. The number of para-hydroxylation sites is 1. The second-order valence-electron chi connectivity index (χ2n) is 5.44. The van der Waals surface area contributed by atoms with Gasteiger partial charge in [-0.2, -0.15) is 5.10 Å². The van der Waals surface area contributed by atoms with Crippen LogP contribution in [0.15, 0.2) is 48.8 Å². The molecule has 5 nitrogen and oxygen atoms in total. The van der Waals surface area contributed by atoms with Gasteiger partial charge in [0.15, 0.2) is 0 Å². The molecule has 2 aromatic rings. The SMILES string of the molecule is COc1ccccc1/C=C/CN[C@H]1C[C@@H](O)[C@@H]1n1cccn1. The van der Waals surface area contributed by atoms with Gasteiger partial charge in [0, 0.05) is 30.5 Å². The predicted octanol–water partition coefficient (Wildman–Crippen LogP) is 1.87. The van der Waals surface area contributed by atoms with Gasteiger partial charge in [-0.1, -0.05) is 30.4 Å². The lowest BCUT2D eigenvalue weighted by Gasteiger charge is -2.42. The molecule has 0 bridgehead atoms. The maximum Gasteiger partial charge on any atom is 0.126 e. The van der Waals surface area contributed by atoms with Crippen molar-refractivity contribution in [1.29, 1.82) is 0 Å². The van der Waals surface area contributed by atoms with Crippen molar-refractivity contribution >= 4 is 6.08 Å². The van der Waals surface area contributed by atoms with E-state index >= 15 is 0 Å². The molecular weight excluding hydrogens is 278 g/mol. The smallest absolute Gasteiger partial charge is 0.126 e. The Morgan fingerprint density at radius 3 is 3.00 bits per heavy atom. The van der Waals surface area contributed by atoms with Crippen LogP contribution in [0.3, 0.4) is 0 Å². The summed E-state index contributed by atoms with van der Waals surface area (Å²) in [5.74, 6) is 0.868. The average Bonchev–Trinajstić information content (AvgIpc) is 3.03. The lowest BCUT2D eigenvalue weighted by atomic mass is 9.83. The number of rotatable bonds is 6. The maximum atomic E-state index is 9.92. The third-order valence-corrected chi connectivity index (χ3v) is 4.07. The van der Waals surface area contributed by atoms with Crippen molar-refractivity contribution in [2.24, 2.45) is 0 Å². The highest BCUT2D eigenvalue weighted by Crippen LogP contribution is 2.32. The molecule has 0 radical (unpaired) electrons. The van der Waals surface area contributed by atoms with Crippen molar-refractivity contribution in [3.05, 3.63) is 54.4 Å². The summed E-state index contributed by atoms with van der Waals surface area (Å²) in [7, 11) is 1.68. The number of aromatic nitrogens is 2. The van der Waals surface area contributed by atoms with Crippen LogP contribution in [-0.2, 0) is 0 Å². The summed E-state index contributed by atoms with van der Waals surface area (Å²) in [5, 5.41) is 17.6. The summed E-state index contributed by atoms with van der Waals surface area (Å²) in [6.45, 7) is 0.743. The molecule has 0 spiro atoms. The van der Waals surface area contributed by atoms with Gasteiger partial charge in [-0.15, -0.1) is 0 Å². The quantitative estimate of drug-likeness (QED) is 0.855. The van der Waals surface area contributed by atoms with Crippen molar-refractivity contribution in [2.75, 3.05) is 13.7 Å². The lowest BCUT2D eigenvalue weighted by Crippen LogP contribution is -2.54. The van der Waals surface area contributed by atoms with E-state index in [2.05, 4.69) is 16.5 Å². The van der Waals surface area contributed by atoms with Gasteiger partial charge in [-0.25, -0.2) is 0 Å². The van der Waals surface area contributed by atoms with Gasteiger partial charge in [-0.05, 0) is 18.6 Å². The zero-order chi connectivity index (χ0) is 15.4. The first kappa shape index (κ1) is 14.8. The van der Waals surface area contributed by atoms with Crippen molar-refractivity contribution in [3.8, 4) is 5.75 Å². The van der Waals surface area contributed by atoms with Crippen LogP contribution in [-0.4, -0.2) is 40.7 Å². The van der Waals surface area contributed by atoms with Gasteiger partial charge >= 0.3 is 0 Å². The Hall–Kier alpha value is -2.11. The minimum atomic E-state index is -0.324. The number of aliphatic hydroxyl groups excluding tert-OH is 1. The molecule has 0 aliphatic heterocycles. The van der Waals surface area contributed by atoms with Gasteiger partial charge in [0.25, 0.3) is 0 Å². The molecule has 1 fully saturated rings. The van der Waals surface area contributed by atoms with Crippen LogP contribution >= 0.6 is 0 Å². The molecule has 1 aliphatic rings. The molecule has 1 aliphatic carbocycles. The summed E-state index contributed by atoms with van der Waals surface area (Å²) in [6, 6.07) is 10.1. The second kappa shape index (κ2) is 6.77. The van der Waals surface area contributed by atoms with E-state index in [0.717, 1.165) is 24.3 Å². The third-order valence-electron chi connectivity index (χ3n) is 4.07. The second-order valence-corrected chi connectivity index (χ2v) is 5.44. The number of nitrogens with zero attached hydrogens (tertiary/aromatic N) is 2. The minimum Gasteiger partial charge on any atom is -0.496 e. The highest BCUT2D eigenvalue weighted by molar-refractivity contribution is 5.57. The molecule has 3 rings (SSSR count). The van der Waals surface area contributed by atoms with Gasteiger partial charge in [0.05, 0.1) is 19.3 Å². The fourth-order valence-electron chi connectivity index (χ4n) is 2.84. The van der Waals surface area contributed by atoms with Gasteiger partial charge < -0.3 is 15.2 Å². The first-order valence-corrected chi connectivity index (χ1v) is 7.49. The number of aliphatic hydroxyl groups is 1. The summed E-state index contributed by atoms with van der Waals surface area (Å²) in [6.07, 6.45) is 8.19. The van der Waals surface area contributed by atoms with Gasteiger partial charge in [-0.3, -0.25) is 4.68 Å². The van der Waals surface area contributed by atoms with E-state index in [9.17, 15) is 5.11 Å². The standard InChI is InChI=1S/C17H21N3O2/c1-22-16-8-3-2-6-13(16)7-4-9-18-14-12-15(21)17(14)20-11-5-10-19-20/h2-8,10-11,14-15,17-18,21H,9,12H2,1H3/b7-4+/t14-,15+,17+/m0/s1. The molecule has 1 saturated carbocycles. The Labute approximate surface area is 130 Å². The Morgan fingerprint density at radius 2 is 2.27 bits per heavy atom. The van der Waals surface area contributed by atoms with Crippen LogP contribution in [0, 0.1) is 0 Å². The lowest BCUT2D eigenvalue weighted by molar-refractivity contribution is -0.00627. The molecular formula is C17H21N3O2. The van der Waals surface area contributed by atoms with Crippen LogP contribution in [0.25, 0.3) is 6.08 Å². The molecule has 22 heavy (non-hydrogen) atoms. The van der Waals surface area contributed by atoms with Crippen LogP contribution in [0.2, 0.25) is 0 Å². The number of nitrogens with one attached hydrogen (secondary N) is 1. The maximum absolute atomic E-state index is 9.92. The van der Waals surface area contributed by atoms with Crippen LogP contribution in [0.1, 0.15) is 18.0 Å². The molecule has 0 unspecified atom stereocenters. The Kier molecular flexibility index (Phi) is 4.56. The van der Waals surface area contributed by atoms with E-state index in [1.807, 2.05) is 47.3 Å². The predicted molar refractivity (Wildman–Crippen MR) is 85.7 cm³/mol. The minimum absolute atomic E-state index is 0.0228.